The number of carboxylic acids is 2. The highest BCUT2D eigenvalue weighted by molar-refractivity contribution is 5.89. The van der Waals surface area contributed by atoms with Gasteiger partial charge in [0.1, 0.15) is 0 Å². The van der Waals surface area contributed by atoms with E-state index in [0.717, 1.165) is 19.4 Å². The Balaban J connectivity index is 0.000000387. The summed E-state index contributed by atoms with van der Waals surface area (Å²) in [6.45, 7) is 3.02. The largest absolute Gasteiger partial charge is 0.478 e. The van der Waals surface area contributed by atoms with Gasteiger partial charge in [0.15, 0.2) is 0 Å². The Labute approximate surface area is 158 Å². The summed E-state index contributed by atoms with van der Waals surface area (Å²) in [4.78, 5) is 31.7. The molecule has 0 radical (unpaired) electrons. The second kappa shape index (κ2) is 12.4. The van der Waals surface area contributed by atoms with Crippen molar-refractivity contribution in [3.63, 3.8) is 0 Å². The zero-order chi connectivity index (χ0) is 20.1. The fourth-order valence-electron chi connectivity index (χ4n) is 2.48. The van der Waals surface area contributed by atoms with E-state index in [1.54, 1.807) is 0 Å². The number of nitrogens with two attached hydrogens (primary N) is 1. The molecule has 10 heteroatoms. The summed E-state index contributed by atoms with van der Waals surface area (Å²) >= 11 is 0. The maximum absolute atomic E-state index is 9.55. The molecule has 1 aliphatic rings. The van der Waals surface area contributed by atoms with E-state index in [-0.39, 0.29) is 5.95 Å². The van der Waals surface area contributed by atoms with Gasteiger partial charge >= 0.3 is 11.9 Å². The fourth-order valence-corrected chi connectivity index (χ4v) is 2.48. The number of aromatic nitrogens is 3. The van der Waals surface area contributed by atoms with Gasteiger partial charge in [0.2, 0.25) is 17.8 Å². The SMILES string of the molecule is CCCCNc1nc(N)nc(NC2CCCCC2)n1.O=C(O)/C=C\C(=O)O. The van der Waals surface area contributed by atoms with Crippen LogP contribution >= 0.6 is 0 Å². The molecule has 0 unspecified atom stereocenters. The zero-order valence-corrected chi connectivity index (χ0v) is 15.5. The Bertz CT molecular complexity index is 616. The van der Waals surface area contributed by atoms with Crippen LogP contribution in [0.15, 0.2) is 12.2 Å². The van der Waals surface area contributed by atoms with E-state index in [4.69, 9.17) is 15.9 Å². The predicted octanol–water partition coefficient (Wildman–Crippen LogP) is 2.12. The number of carboxylic acid groups (broad SMARTS) is 2. The minimum atomic E-state index is -1.26. The third kappa shape index (κ3) is 10.6. The summed E-state index contributed by atoms with van der Waals surface area (Å²) in [6, 6.07) is 0.471. The van der Waals surface area contributed by atoms with Crippen LogP contribution < -0.4 is 16.4 Å². The van der Waals surface area contributed by atoms with E-state index in [1.807, 2.05) is 0 Å². The first-order chi connectivity index (χ1) is 12.9. The summed E-state index contributed by atoms with van der Waals surface area (Å²) in [5.41, 5.74) is 5.73. The van der Waals surface area contributed by atoms with Crippen LogP contribution in [0.2, 0.25) is 0 Å². The Morgan fingerprint density at radius 1 is 1.07 bits per heavy atom. The number of carbonyl (C=O) groups is 2. The molecule has 1 saturated carbocycles. The molecule has 150 valence electrons. The first kappa shape index (κ1) is 22.1. The first-order valence-electron chi connectivity index (χ1n) is 9.06. The standard InChI is InChI=1S/C13H24N6.C4H4O4/c1-2-3-9-15-12-17-11(14)18-13(19-12)16-10-7-5-4-6-8-10;5-3(6)1-2-4(7)8/h10H,2-9H2,1H3,(H4,14,15,16,17,18,19);1-2H,(H,5,6)(H,7,8)/b;2-1-. The molecule has 1 aromatic rings. The lowest BCUT2D eigenvalue weighted by Gasteiger charge is -2.22. The Morgan fingerprint density at radius 3 is 2.22 bits per heavy atom. The lowest BCUT2D eigenvalue weighted by atomic mass is 9.96. The molecular formula is C17H28N6O4. The summed E-state index contributed by atoms with van der Waals surface area (Å²) < 4.78 is 0. The molecule has 0 saturated heterocycles. The van der Waals surface area contributed by atoms with Gasteiger partial charge in [-0.25, -0.2) is 9.59 Å². The van der Waals surface area contributed by atoms with Crippen LogP contribution in [0.3, 0.4) is 0 Å². The second-order valence-electron chi connectivity index (χ2n) is 6.11. The molecular weight excluding hydrogens is 352 g/mol. The van der Waals surface area contributed by atoms with Gasteiger partial charge in [0.05, 0.1) is 0 Å². The van der Waals surface area contributed by atoms with Crippen molar-refractivity contribution >= 4 is 29.8 Å². The molecule has 1 aliphatic carbocycles. The highest BCUT2D eigenvalue weighted by Crippen LogP contribution is 2.20. The van der Waals surface area contributed by atoms with Crippen LogP contribution in [-0.2, 0) is 9.59 Å². The van der Waals surface area contributed by atoms with Crippen LogP contribution in [0.25, 0.3) is 0 Å². The van der Waals surface area contributed by atoms with Crippen molar-refractivity contribution in [1.82, 2.24) is 15.0 Å². The summed E-state index contributed by atoms with van der Waals surface area (Å²) in [6.07, 6.45) is 9.61. The smallest absolute Gasteiger partial charge is 0.328 e. The Morgan fingerprint density at radius 2 is 1.67 bits per heavy atom. The van der Waals surface area contributed by atoms with Gasteiger partial charge in [-0.05, 0) is 19.3 Å². The van der Waals surface area contributed by atoms with Crippen LogP contribution in [0.1, 0.15) is 51.9 Å². The number of nitrogen functional groups attached to an aromatic ring is 1. The van der Waals surface area contributed by atoms with Crippen molar-refractivity contribution in [1.29, 1.82) is 0 Å². The lowest BCUT2D eigenvalue weighted by Crippen LogP contribution is -2.24. The summed E-state index contributed by atoms with van der Waals surface area (Å²) in [5.74, 6) is -1.08. The molecule has 10 nitrogen and oxygen atoms in total. The van der Waals surface area contributed by atoms with Gasteiger partial charge in [-0.2, -0.15) is 15.0 Å². The average Bonchev–Trinajstić information content (AvgIpc) is 2.61. The van der Waals surface area contributed by atoms with Crippen molar-refractivity contribution in [3.8, 4) is 0 Å². The van der Waals surface area contributed by atoms with E-state index < -0.39 is 11.9 Å². The van der Waals surface area contributed by atoms with Crippen LogP contribution in [0.4, 0.5) is 17.8 Å². The second-order valence-corrected chi connectivity index (χ2v) is 6.11. The first-order valence-corrected chi connectivity index (χ1v) is 9.06. The van der Waals surface area contributed by atoms with Gasteiger partial charge in [0, 0.05) is 24.7 Å². The molecule has 0 aromatic carbocycles. The van der Waals surface area contributed by atoms with Gasteiger partial charge in [-0.3, -0.25) is 0 Å². The number of rotatable bonds is 8. The van der Waals surface area contributed by atoms with Crippen molar-refractivity contribution in [2.45, 2.75) is 57.9 Å². The molecule has 1 heterocycles. The summed E-state index contributed by atoms with van der Waals surface area (Å²) in [5, 5.41) is 22.2. The number of nitrogens with one attached hydrogen (secondary N) is 2. The number of unbranched alkanes of at least 4 members (excludes halogenated alkanes) is 1. The average molecular weight is 380 g/mol. The van der Waals surface area contributed by atoms with E-state index in [1.165, 1.54) is 32.1 Å². The van der Waals surface area contributed by atoms with Crippen molar-refractivity contribution in [3.05, 3.63) is 12.2 Å². The number of anilines is 3. The molecule has 0 amide bonds. The number of hydrogen-bond acceptors (Lipinski definition) is 8. The van der Waals surface area contributed by atoms with Crippen LogP contribution in [-0.4, -0.2) is 49.7 Å². The van der Waals surface area contributed by atoms with E-state index in [2.05, 4.69) is 32.5 Å². The monoisotopic (exact) mass is 380 g/mol. The quantitative estimate of drug-likeness (QED) is 0.333. The van der Waals surface area contributed by atoms with Crippen molar-refractivity contribution in [2.75, 3.05) is 22.9 Å². The van der Waals surface area contributed by atoms with E-state index >= 15 is 0 Å². The zero-order valence-electron chi connectivity index (χ0n) is 15.5. The number of hydrogen-bond donors (Lipinski definition) is 5. The molecule has 27 heavy (non-hydrogen) atoms. The minimum absolute atomic E-state index is 0.271. The van der Waals surface area contributed by atoms with E-state index in [0.29, 0.717) is 30.1 Å². The molecule has 1 fully saturated rings. The molecule has 2 rings (SSSR count). The molecule has 0 atom stereocenters. The maximum Gasteiger partial charge on any atom is 0.328 e. The van der Waals surface area contributed by atoms with Gasteiger partial charge in [0.25, 0.3) is 0 Å². The predicted molar refractivity (Wildman–Crippen MR) is 103 cm³/mol. The Kier molecular flexibility index (Phi) is 10.2. The van der Waals surface area contributed by atoms with Gasteiger partial charge in [-0.1, -0.05) is 32.6 Å². The number of nitrogens with zero attached hydrogens (tertiary/aromatic N) is 3. The van der Waals surface area contributed by atoms with Crippen LogP contribution in [0.5, 0.6) is 0 Å². The molecule has 0 bridgehead atoms. The number of aliphatic carboxylic acids is 2. The third-order valence-electron chi connectivity index (χ3n) is 3.77. The Hall–Kier alpha value is -2.91. The molecule has 0 aliphatic heterocycles. The van der Waals surface area contributed by atoms with Crippen molar-refractivity contribution < 1.29 is 19.8 Å². The van der Waals surface area contributed by atoms with E-state index in [9.17, 15) is 9.59 Å². The van der Waals surface area contributed by atoms with Gasteiger partial charge in [-0.15, -0.1) is 0 Å². The maximum atomic E-state index is 9.55. The molecule has 6 N–H and O–H groups in total. The minimum Gasteiger partial charge on any atom is -0.478 e. The molecule has 0 spiro atoms. The fraction of sp³-hybridized carbons (Fsp3) is 0.588. The van der Waals surface area contributed by atoms with Crippen LogP contribution in [0, 0.1) is 0 Å². The van der Waals surface area contributed by atoms with Gasteiger partial charge < -0.3 is 26.6 Å². The highest BCUT2D eigenvalue weighted by atomic mass is 16.4. The highest BCUT2D eigenvalue weighted by Gasteiger charge is 2.15. The normalized spacial score (nSPS) is 14.3. The summed E-state index contributed by atoms with van der Waals surface area (Å²) in [7, 11) is 0. The third-order valence-corrected chi connectivity index (χ3v) is 3.77. The lowest BCUT2D eigenvalue weighted by molar-refractivity contribution is -0.134. The topological polar surface area (TPSA) is 163 Å². The molecule has 1 aromatic heterocycles. The van der Waals surface area contributed by atoms with Crippen molar-refractivity contribution in [2.24, 2.45) is 0 Å².